The van der Waals surface area contributed by atoms with Crippen LogP contribution in [-0.4, -0.2) is 70.6 Å². The molecule has 0 radical (unpaired) electrons. The first-order valence-corrected chi connectivity index (χ1v) is 7.34. The molecule has 1 aromatic heterocycles. The second kappa shape index (κ2) is 6.95. The molecule has 6 heteroatoms. The van der Waals surface area contributed by atoms with Crippen LogP contribution in [0.2, 0.25) is 0 Å². The van der Waals surface area contributed by atoms with Crippen molar-refractivity contribution in [2.24, 2.45) is 5.92 Å². The number of carbonyl (C=O) groups is 1. The quantitative estimate of drug-likeness (QED) is 0.833. The van der Waals surface area contributed by atoms with Crippen LogP contribution in [0.4, 0.5) is 0 Å². The molecule has 1 aromatic rings. The lowest BCUT2D eigenvalue weighted by Gasteiger charge is -2.17. The first-order valence-electron chi connectivity index (χ1n) is 7.34. The van der Waals surface area contributed by atoms with E-state index in [1.54, 1.807) is 31.4 Å². The summed E-state index contributed by atoms with van der Waals surface area (Å²) >= 11 is 0. The highest BCUT2D eigenvalue weighted by atomic mass is 16.3. The number of aliphatic hydroxyl groups is 1. The zero-order chi connectivity index (χ0) is 15.4. The molecule has 1 aliphatic rings. The van der Waals surface area contributed by atoms with E-state index >= 15 is 0 Å². The van der Waals surface area contributed by atoms with E-state index in [4.69, 9.17) is 0 Å². The molecular weight excluding hydrogens is 268 g/mol. The Bertz CT molecular complexity index is 492. The van der Waals surface area contributed by atoms with Gasteiger partial charge in [0.25, 0.3) is 0 Å². The number of β-amino-alcohol motifs (C(OH)–C–C–N with tert-alkyl or cyclic N) is 1. The summed E-state index contributed by atoms with van der Waals surface area (Å²) in [5, 5.41) is 10.1. The number of likely N-dealkylation sites (tertiary alicyclic amines) is 1. The average Bonchev–Trinajstić information content (AvgIpc) is 2.78. The molecule has 0 saturated carbocycles. The summed E-state index contributed by atoms with van der Waals surface area (Å²) in [5.74, 6) is 0.105. The molecule has 0 spiro atoms. The third-order valence-corrected chi connectivity index (χ3v) is 4.07. The van der Waals surface area contributed by atoms with Crippen LogP contribution in [0.25, 0.3) is 0 Å². The molecule has 1 fully saturated rings. The lowest BCUT2D eigenvalue weighted by molar-refractivity contribution is -0.130. The highest BCUT2D eigenvalue weighted by Gasteiger charge is 2.32. The molecule has 0 aliphatic carbocycles. The predicted molar refractivity (Wildman–Crippen MR) is 79.7 cm³/mol. The Morgan fingerprint density at radius 3 is 2.76 bits per heavy atom. The van der Waals surface area contributed by atoms with Gasteiger partial charge in [-0.25, -0.2) is 0 Å². The third-order valence-electron chi connectivity index (χ3n) is 4.07. The summed E-state index contributed by atoms with van der Waals surface area (Å²) in [6.07, 6.45) is 4.22. The first kappa shape index (κ1) is 15.9. The van der Waals surface area contributed by atoms with Crippen LogP contribution >= 0.6 is 0 Å². The monoisotopic (exact) mass is 292 g/mol. The fraction of sp³-hybridized carbons (Fsp3) is 0.667. The minimum absolute atomic E-state index is 0.0304. The van der Waals surface area contributed by atoms with E-state index in [0.29, 0.717) is 13.0 Å². The van der Waals surface area contributed by atoms with E-state index in [1.807, 2.05) is 6.92 Å². The van der Waals surface area contributed by atoms with Crippen LogP contribution in [0.15, 0.2) is 12.4 Å². The van der Waals surface area contributed by atoms with Gasteiger partial charge in [0.2, 0.25) is 5.91 Å². The van der Waals surface area contributed by atoms with Crippen molar-refractivity contribution in [3.8, 4) is 0 Å². The van der Waals surface area contributed by atoms with Gasteiger partial charge in [0.05, 0.1) is 17.5 Å². The van der Waals surface area contributed by atoms with Gasteiger partial charge in [0.15, 0.2) is 0 Å². The van der Waals surface area contributed by atoms with Gasteiger partial charge in [0, 0.05) is 64.9 Å². The van der Waals surface area contributed by atoms with Crippen LogP contribution in [0.3, 0.4) is 0 Å². The number of aromatic nitrogens is 2. The predicted octanol–water partition coefficient (Wildman–Crippen LogP) is 0.0985. The minimum atomic E-state index is -0.420. The Balaban J connectivity index is 1.84. The van der Waals surface area contributed by atoms with E-state index in [2.05, 4.69) is 14.9 Å². The van der Waals surface area contributed by atoms with Crippen molar-refractivity contribution in [3.05, 3.63) is 23.8 Å². The van der Waals surface area contributed by atoms with E-state index in [-0.39, 0.29) is 11.8 Å². The molecule has 1 saturated heterocycles. The fourth-order valence-electron chi connectivity index (χ4n) is 2.68. The van der Waals surface area contributed by atoms with Crippen molar-refractivity contribution >= 4 is 5.91 Å². The number of rotatable bonds is 5. The molecule has 2 heterocycles. The van der Waals surface area contributed by atoms with Crippen LogP contribution in [0.1, 0.15) is 17.8 Å². The second-order valence-corrected chi connectivity index (χ2v) is 5.92. The smallest absolute Gasteiger partial charge is 0.222 e. The number of nitrogens with zero attached hydrogens (tertiary/aromatic N) is 4. The van der Waals surface area contributed by atoms with Crippen LogP contribution in [-0.2, 0) is 11.2 Å². The van der Waals surface area contributed by atoms with Crippen LogP contribution in [0.5, 0.6) is 0 Å². The van der Waals surface area contributed by atoms with E-state index in [0.717, 1.165) is 30.9 Å². The Labute approximate surface area is 125 Å². The summed E-state index contributed by atoms with van der Waals surface area (Å²) in [6.45, 7) is 4.19. The third kappa shape index (κ3) is 4.22. The molecule has 0 unspecified atom stereocenters. The molecule has 0 bridgehead atoms. The van der Waals surface area contributed by atoms with Crippen molar-refractivity contribution in [3.63, 3.8) is 0 Å². The van der Waals surface area contributed by atoms with Crippen molar-refractivity contribution < 1.29 is 9.90 Å². The second-order valence-electron chi connectivity index (χ2n) is 5.92. The molecule has 1 aliphatic heterocycles. The van der Waals surface area contributed by atoms with Gasteiger partial charge >= 0.3 is 0 Å². The number of hydrogen-bond acceptors (Lipinski definition) is 5. The molecule has 1 N–H and O–H groups in total. The minimum Gasteiger partial charge on any atom is -0.391 e. The largest absolute Gasteiger partial charge is 0.391 e. The summed E-state index contributed by atoms with van der Waals surface area (Å²) in [5.41, 5.74) is 1.95. The molecule has 6 nitrogen and oxygen atoms in total. The van der Waals surface area contributed by atoms with Crippen molar-refractivity contribution in [2.45, 2.75) is 25.9 Å². The summed E-state index contributed by atoms with van der Waals surface area (Å²) in [7, 11) is 3.50. The SMILES string of the molecule is Cc1nccnc1CCN1C[C@@H](CC(=O)N(C)C)[C@H](O)C1. The van der Waals surface area contributed by atoms with E-state index in [9.17, 15) is 9.90 Å². The summed E-state index contributed by atoms with van der Waals surface area (Å²) < 4.78 is 0. The number of aryl methyl sites for hydroxylation is 1. The Hall–Kier alpha value is -1.53. The maximum Gasteiger partial charge on any atom is 0.222 e. The Morgan fingerprint density at radius 1 is 1.38 bits per heavy atom. The summed E-state index contributed by atoms with van der Waals surface area (Å²) in [4.78, 5) is 24.1. The normalized spacial score (nSPS) is 22.5. The van der Waals surface area contributed by atoms with Gasteiger partial charge in [-0.1, -0.05) is 0 Å². The molecule has 2 rings (SSSR count). The first-order chi connectivity index (χ1) is 9.97. The molecule has 116 valence electrons. The summed E-state index contributed by atoms with van der Waals surface area (Å²) in [6, 6.07) is 0. The van der Waals surface area contributed by atoms with Crippen molar-refractivity contribution in [1.82, 2.24) is 19.8 Å². The number of hydrogen-bond donors (Lipinski definition) is 1. The zero-order valence-electron chi connectivity index (χ0n) is 13.0. The lowest BCUT2D eigenvalue weighted by atomic mass is 10.0. The molecule has 0 aromatic carbocycles. The number of aliphatic hydroxyl groups excluding tert-OH is 1. The maximum atomic E-state index is 11.8. The molecular formula is C15H24N4O2. The molecule has 21 heavy (non-hydrogen) atoms. The van der Waals surface area contributed by atoms with Gasteiger partial charge in [-0.05, 0) is 6.92 Å². The zero-order valence-corrected chi connectivity index (χ0v) is 13.0. The highest BCUT2D eigenvalue weighted by molar-refractivity contribution is 5.75. The van der Waals surface area contributed by atoms with Crippen LogP contribution < -0.4 is 0 Å². The van der Waals surface area contributed by atoms with E-state index in [1.165, 1.54) is 0 Å². The van der Waals surface area contributed by atoms with Gasteiger partial charge in [-0.3, -0.25) is 19.7 Å². The van der Waals surface area contributed by atoms with Gasteiger partial charge in [0.1, 0.15) is 0 Å². The molecule has 2 atom stereocenters. The van der Waals surface area contributed by atoms with Gasteiger partial charge < -0.3 is 10.0 Å². The van der Waals surface area contributed by atoms with Crippen LogP contribution in [0, 0.1) is 12.8 Å². The van der Waals surface area contributed by atoms with Gasteiger partial charge in [-0.15, -0.1) is 0 Å². The fourth-order valence-corrected chi connectivity index (χ4v) is 2.68. The Morgan fingerprint density at radius 2 is 2.10 bits per heavy atom. The van der Waals surface area contributed by atoms with Crippen molar-refractivity contribution in [2.75, 3.05) is 33.7 Å². The standard InChI is InChI=1S/C15H24N4O2/c1-11-13(17-6-5-16-11)4-7-19-9-12(14(20)10-19)8-15(21)18(2)3/h5-6,12,14,20H,4,7-10H2,1-3H3/t12-,14-/m1/s1. The Kier molecular flexibility index (Phi) is 5.25. The maximum absolute atomic E-state index is 11.8. The number of amides is 1. The highest BCUT2D eigenvalue weighted by Crippen LogP contribution is 2.21. The molecule has 1 amide bonds. The lowest BCUT2D eigenvalue weighted by Crippen LogP contribution is -2.28. The average molecular weight is 292 g/mol. The van der Waals surface area contributed by atoms with Crippen molar-refractivity contribution in [1.29, 1.82) is 0 Å². The topological polar surface area (TPSA) is 69.6 Å². The number of carbonyl (C=O) groups excluding carboxylic acids is 1. The van der Waals surface area contributed by atoms with E-state index < -0.39 is 6.10 Å². The van der Waals surface area contributed by atoms with Gasteiger partial charge in [-0.2, -0.15) is 0 Å².